The number of carbonyl (C=O) groups is 3. The quantitative estimate of drug-likeness (QED) is 0.102. The molecule has 0 bridgehead atoms. The minimum atomic E-state index is -0.519. The molecule has 0 aliphatic carbocycles. The van der Waals surface area contributed by atoms with Gasteiger partial charge >= 0.3 is 0 Å². The normalized spacial score (nSPS) is 11.1. The van der Waals surface area contributed by atoms with E-state index in [0.717, 1.165) is 31.7 Å². The first-order valence-corrected chi connectivity index (χ1v) is 15.9. The molecule has 9 heteroatoms. The minimum Gasteiger partial charge on any atom is -0.457 e. The van der Waals surface area contributed by atoms with Gasteiger partial charge in [0.2, 0.25) is 5.91 Å². The van der Waals surface area contributed by atoms with E-state index >= 15 is 0 Å². The van der Waals surface area contributed by atoms with Crippen LogP contribution in [0.15, 0.2) is 129 Å². The van der Waals surface area contributed by atoms with Gasteiger partial charge in [-0.2, -0.15) is 0 Å². The number of halogens is 1. The van der Waals surface area contributed by atoms with E-state index in [-0.39, 0.29) is 17.4 Å². The fourth-order valence-corrected chi connectivity index (χ4v) is 5.47. The number of nitrogens with one attached hydrogen (secondary N) is 3. The molecule has 3 N–H and O–H groups in total. The topological polar surface area (TPSA) is 100 Å². The van der Waals surface area contributed by atoms with E-state index < -0.39 is 11.8 Å². The third-order valence-corrected chi connectivity index (χ3v) is 8.10. The molecule has 0 saturated carbocycles. The van der Waals surface area contributed by atoms with E-state index in [2.05, 4.69) is 37.9 Å². The average Bonchev–Trinajstić information content (AvgIpc) is 3.49. The maximum absolute atomic E-state index is 13.4. The molecule has 0 saturated heterocycles. The second kappa shape index (κ2) is 14.7. The summed E-state index contributed by atoms with van der Waals surface area (Å²) in [7, 11) is 0. The molecule has 0 spiro atoms. The van der Waals surface area contributed by atoms with Crippen LogP contribution in [0.4, 0.5) is 11.4 Å². The molecule has 0 atom stereocenters. The van der Waals surface area contributed by atoms with Gasteiger partial charge in [-0.15, -0.1) is 11.8 Å². The Morgan fingerprint density at radius 1 is 0.778 bits per heavy atom. The zero-order valence-electron chi connectivity index (χ0n) is 24.6. The Bertz CT molecular complexity index is 1830. The van der Waals surface area contributed by atoms with E-state index in [9.17, 15) is 14.4 Å². The molecule has 0 fully saturated rings. The van der Waals surface area contributed by atoms with Gasteiger partial charge in [0.15, 0.2) is 0 Å². The van der Waals surface area contributed by atoms with Gasteiger partial charge in [-0.1, -0.05) is 52.3 Å². The molecule has 45 heavy (non-hydrogen) atoms. The van der Waals surface area contributed by atoms with Crippen LogP contribution in [0.1, 0.15) is 27.2 Å². The van der Waals surface area contributed by atoms with E-state index in [1.165, 1.54) is 17.8 Å². The van der Waals surface area contributed by atoms with Gasteiger partial charge in [-0.05, 0) is 97.8 Å². The molecule has 0 unspecified atom stereocenters. The number of hydrogen-bond acceptors (Lipinski definition) is 5. The first-order chi connectivity index (χ1) is 21.7. The molecule has 4 aromatic carbocycles. The lowest BCUT2D eigenvalue weighted by molar-refractivity contribution is -0.114. The van der Waals surface area contributed by atoms with Gasteiger partial charge in [0.25, 0.3) is 11.8 Å². The van der Waals surface area contributed by atoms with Crippen molar-refractivity contribution >= 4 is 62.9 Å². The van der Waals surface area contributed by atoms with Crippen molar-refractivity contribution in [3.05, 3.63) is 142 Å². The van der Waals surface area contributed by atoms with Crippen LogP contribution in [0.2, 0.25) is 0 Å². The number of amides is 3. The Kier molecular flexibility index (Phi) is 10.3. The van der Waals surface area contributed by atoms with Gasteiger partial charge in [-0.25, -0.2) is 0 Å². The van der Waals surface area contributed by atoms with Crippen molar-refractivity contribution in [3.8, 4) is 11.3 Å². The number of furan rings is 1. The van der Waals surface area contributed by atoms with E-state index in [0.29, 0.717) is 22.8 Å². The molecule has 5 aromatic rings. The van der Waals surface area contributed by atoms with Crippen LogP contribution in [-0.4, -0.2) is 23.5 Å². The summed E-state index contributed by atoms with van der Waals surface area (Å²) in [6, 6.07) is 32.9. The van der Waals surface area contributed by atoms with Crippen LogP contribution < -0.4 is 16.0 Å². The fraction of sp³-hybridized carbons (Fsp3) is 0.0833. The predicted molar refractivity (Wildman–Crippen MR) is 184 cm³/mol. The summed E-state index contributed by atoms with van der Waals surface area (Å²) in [6.07, 6.45) is 1.50. The van der Waals surface area contributed by atoms with Crippen molar-refractivity contribution in [2.24, 2.45) is 0 Å². The summed E-state index contributed by atoms with van der Waals surface area (Å²) < 4.78 is 6.93. The van der Waals surface area contributed by atoms with Crippen LogP contribution in [0.5, 0.6) is 0 Å². The monoisotopic (exact) mass is 679 g/mol. The standard InChI is InChI=1S/C36H30BrN3O4S/c1-23-18-24(2)20-29(19-23)38-34(41)22-45-31-15-12-28(13-16-31)39-36(43)32(40-35(42)26-6-4-3-5-7-26)21-30-14-17-33(44-30)25-8-10-27(37)11-9-25/h3-21H,22H2,1-2H3,(H,38,41)(H,39,43)(H,40,42)/b32-21-. The average molecular weight is 681 g/mol. The first-order valence-electron chi connectivity index (χ1n) is 14.1. The van der Waals surface area contributed by atoms with Crippen molar-refractivity contribution in [2.75, 3.05) is 16.4 Å². The van der Waals surface area contributed by atoms with Gasteiger partial charge in [0.05, 0.1) is 5.75 Å². The lowest BCUT2D eigenvalue weighted by atomic mass is 10.1. The smallest absolute Gasteiger partial charge is 0.272 e. The minimum absolute atomic E-state index is 0.0158. The molecule has 1 heterocycles. The summed E-state index contributed by atoms with van der Waals surface area (Å²) in [5.74, 6) is 0.211. The van der Waals surface area contributed by atoms with Gasteiger partial charge in [0.1, 0.15) is 17.2 Å². The predicted octanol–water partition coefficient (Wildman–Crippen LogP) is 8.47. The van der Waals surface area contributed by atoms with E-state index in [1.807, 2.05) is 74.5 Å². The number of rotatable bonds is 10. The van der Waals surface area contributed by atoms with Crippen molar-refractivity contribution in [1.29, 1.82) is 0 Å². The highest BCUT2D eigenvalue weighted by atomic mass is 79.9. The van der Waals surface area contributed by atoms with Crippen molar-refractivity contribution in [2.45, 2.75) is 18.7 Å². The molecule has 3 amide bonds. The molecule has 226 valence electrons. The largest absolute Gasteiger partial charge is 0.457 e. The maximum Gasteiger partial charge on any atom is 0.272 e. The Hall–Kier alpha value is -4.86. The van der Waals surface area contributed by atoms with Crippen molar-refractivity contribution in [1.82, 2.24) is 5.32 Å². The second-order valence-corrected chi connectivity index (χ2v) is 12.2. The second-order valence-electron chi connectivity index (χ2n) is 10.3. The van der Waals surface area contributed by atoms with Gasteiger partial charge in [0, 0.05) is 37.9 Å². The number of thioether (sulfide) groups is 1. The number of hydrogen-bond donors (Lipinski definition) is 3. The third-order valence-electron chi connectivity index (χ3n) is 6.56. The van der Waals surface area contributed by atoms with E-state index in [4.69, 9.17) is 4.42 Å². The molecular formula is C36H30BrN3O4S. The summed E-state index contributed by atoms with van der Waals surface area (Å²) in [6.45, 7) is 3.98. The zero-order valence-corrected chi connectivity index (χ0v) is 27.0. The number of aryl methyl sites for hydroxylation is 2. The highest BCUT2D eigenvalue weighted by Crippen LogP contribution is 2.26. The molecule has 0 aliphatic rings. The summed E-state index contributed by atoms with van der Waals surface area (Å²) in [5, 5.41) is 8.50. The Morgan fingerprint density at radius 2 is 1.47 bits per heavy atom. The molecular weight excluding hydrogens is 650 g/mol. The highest BCUT2D eigenvalue weighted by molar-refractivity contribution is 9.10. The molecule has 7 nitrogen and oxygen atoms in total. The Labute approximate surface area is 274 Å². The van der Waals surface area contributed by atoms with Crippen molar-refractivity contribution < 1.29 is 18.8 Å². The fourth-order valence-electron chi connectivity index (χ4n) is 4.51. The van der Waals surface area contributed by atoms with Crippen LogP contribution in [-0.2, 0) is 9.59 Å². The SMILES string of the molecule is Cc1cc(C)cc(NC(=O)CSc2ccc(NC(=O)/C(=C/c3ccc(-c4ccc(Br)cc4)o3)NC(=O)c3ccccc3)cc2)c1. The molecule has 1 aromatic heterocycles. The summed E-state index contributed by atoms with van der Waals surface area (Å²) in [5.41, 5.74) is 4.78. The number of carbonyl (C=O) groups excluding carboxylic acids is 3. The first kappa shape index (κ1) is 31.6. The van der Waals surface area contributed by atoms with Gasteiger partial charge in [-0.3, -0.25) is 14.4 Å². The zero-order chi connectivity index (χ0) is 31.8. The Balaban J connectivity index is 1.26. The molecule has 0 aliphatic heterocycles. The summed E-state index contributed by atoms with van der Waals surface area (Å²) >= 11 is 4.82. The van der Waals surface area contributed by atoms with Crippen LogP contribution >= 0.6 is 27.7 Å². The lowest BCUT2D eigenvalue weighted by Crippen LogP contribution is -2.30. The number of anilines is 2. The molecule has 0 radical (unpaired) electrons. The van der Waals surface area contributed by atoms with Crippen molar-refractivity contribution in [3.63, 3.8) is 0 Å². The molecule has 5 rings (SSSR count). The number of benzene rings is 4. The highest BCUT2D eigenvalue weighted by Gasteiger charge is 2.16. The Morgan fingerprint density at radius 3 is 2.16 bits per heavy atom. The summed E-state index contributed by atoms with van der Waals surface area (Å²) in [4.78, 5) is 39.8. The van der Waals surface area contributed by atoms with E-state index in [1.54, 1.807) is 42.5 Å². The third kappa shape index (κ3) is 9.07. The maximum atomic E-state index is 13.4. The lowest BCUT2D eigenvalue weighted by Gasteiger charge is -2.11. The van der Waals surface area contributed by atoms with Crippen LogP contribution in [0.25, 0.3) is 17.4 Å². The van der Waals surface area contributed by atoms with Crippen LogP contribution in [0, 0.1) is 13.8 Å². The van der Waals surface area contributed by atoms with Gasteiger partial charge < -0.3 is 20.4 Å². The van der Waals surface area contributed by atoms with Crippen LogP contribution in [0.3, 0.4) is 0 Å².